The highest BCUT2D eigenvalue weighted by atomic mass is 19.1. The van der Waals surface area contributed by atoms with Gasteiger partial charge in [0.15, 0.2) is 17.5 Å². The van der Waals surface area contributed by atoms with Gasteiger partial charge in [-0.15, -0.1) is 0 Å². The van der Waals surface area contributed by atoms with Crippen molar-refractivity contribution in [3.63, 3.8) is 0 Å². The molecule has 0 aliphatic rings. The van der Waals surface area contributed by atoms with Crippen molar-refractivity contribution in [1.29, 1.82) is 0 Å². The predicted molar refractivity (Wildman–Crippen MR) is 119 cm³/mol. The molecule has 0 atom stereocenters. The molecule has 5 heteroatoms. The van der Waals surface area contributed by atoms with Crippen LogP contribution in [0.2, 0.25) is 0 Å². The molecule has 0 saturated carbocycles. The second kappa shape index (κ2) is 8.24. The normalized spacial score (nSPS) is 10.7. The van der Waals surface area contributed by atoms with Crippen LogP contribution in [0.3, 0.4) is 0 Å². The second-order valence-electron chi connectivity index (χ2n) is 6.97. The van der Waals surface area contributed by atoms with Crippen molar-refractivity contribution < 1.29 is 4.39 Å². The van der Waals surface area contributed by atoms with Gasteiger partial charge in [-0.05, 0) is 23.8 Å². The first-order valence-corrected chi connectivity index (χ1v) is 9.85. The molecule has 0 bridgehead atoms. The summed E-state index contributed by atoms with van der Waals surface area (Å²) in [7, 11) is 0. The summed E-state index contributed by atoms with van der Waals surface area (Å²) in [5.41, 5.74) is 3.73. The molecule has 0 radical (unpaired) electrons. The van der Waals surface area contributed by atoms with Crippen LogP contribution >= 0.6 is 0 Å². The Kier molecular flexibility index (Phi) is 4.99. The molecule has 0 fully saturated rings. The summed E-state index contributed by atoms with van der Waals surface area (Å²) in [5, 5.41) is 0. The summed E-state index contributed by atoms with van der Waals surface area (Å²) >= 11 is 0. The molecule has 148 valence electrons. The van der Waals surface area contributed by atoms with Gasteiger partial charge in [0, 0.05) is 29.1 Å². The summed E-state index contributed by atoms with van der Waals surface area (Å²) in [5.74, 6) is 0.888. The Hall–Kier alpha value is -4.25. The molecular weight excluding hydrogens is 387 g/mol. The van der Waals surface area contributed by atoms with E-state index in [0.29, 0.717) is 17.2 Å². The summed E-state index contributed by atoms with van der Waals surface area (Å²) < 4.78 is 14.9. The zero-order valence-electron chi connectivity index (χ0n) is 16.5. The summed E-state index contributed by atoms with van der Waals surface area (Å²) in [6.45, 7) is 0. The van der Waals surface area contributed by atoms with Crippen molar-refractivity contribution in [2.45, 2.75) is 0 Å². The molecule has 0 aliphatic heterocycles. The van der Waals surface area contributed by atoms with E-state index >= 15 is 0 Å². The third-order valence-electron chi connectivity index (χ3n) is 4.90. The maximum atomic E-state index is 14.9. The third-order valence-corrected chi connectivity index (χ3v) is 4.90. The Bertz CT molecular complexity index is 1270. The van der Waals surface area contributed by atoms with Crippen molar-refractivity contribution in [1.82, 2.24) is 19.9 Å². The van der Waals surface area contributed by atoms with Gasteiger partial charge >= 0.3 is 0 Å². The quantitative estimate of drug-likeness (QED) is 0.365. The van der Waals surface area contributed by atoms with Gasteiger partial charge in [-0.3, -0.25) is 4.98 Å². The number of aromatic nitrogens is 4. The van der Waals surface area contributed by atoms with E-state index in [1.165, 1.54) is 6.07 Å². The van der Waals surface area contributed by atoms with E-state index in [0.717, 1.165) is 22.3 Å². The van der Waals surface area contributed by atoms with Crippen molar-refractivity contribution in [2.75, 3.05) is 0 Å². The van der Waals surface area contributed by atoms with Crippen LogP contribution in [0, 0.1) is 5.82 Å². The number of benzene rings is 3. The monoisotopic (exact) mass is 404 g/mol. The highest BCUT2D eigenvalue weighted by molar-refractivity contribution is 5.72. The molecule has 0 spiro atoms. The van der Waals surface area contributed by atoms with Gasteiger partial charge in [-0.1, -0.05) is 72.8 Å². The molecular formula is C26H17FN4. The van der Waals surface area contributed by atoms with Crippen LogP contribution in [0.4, 0.5) is 4.39 Å². The van der Waals surface area contributed by atoms with Gasteiger partial charge in [0.2, 0.25) is 0 Å². The first-order chi connectivity index (χ1) is 15.3. The van der Waals surface area contributed by atoms with Crippen molar-refractivity contribution in [2.24, 2.45) is 0 Å². The number of hydrogen-bond donors (Lipinski definition) is 0. The van der Waals surface area contributed by atoms with Crippen LogP contribution in [-0.4, -0.2) is 19.9 Å². The van der Waals surface area contributed by atoms with E-state index < -0.39 is 5.82 Å². The van der Waals surface area contributed by atoms with Gasteiger partial charge in [-0.2, -0.15) is 0 Å². The van der Waals surface area contributed by atoms with E-state index in [2.05, 4.69) is 19.9 Å². The lowest BCUT2D eigenvalue weighted by atomic mass is 10.0. The van der Waals surface area contributed by atoms with E-state index in [4.69, 9.17) is 0 Å². The summed E-state index contributed by atoms with van der Waals surface area (Å²) in [6.07, 6.45) is 3.45. The Morgan fingerprint density at radius 2 is 1.10 bits per heavy atom. The topological polar surface area (TPSA) is 51.6 Å². The molecule has 0 saturated heterocycles. The molecule has 2 aromatic heterocycles. The molecule has 4 nitrogen and oxygen atoms in total. The van der Waals surface area contributed by atoms with Gasteiger partial charge in [-0.25, -0.2) is 19.3 Å². The Balaban J connectivity index is 1.70. The minimum atomic E-state index is -0.392. The number of nitrogens with zero attached hydrogens (tertiary/aromatic N) is 4. The predicted octanol–water partition coefficient (Wildman–Crippen LogP) is 6.07. The van der Waals surface area contributed by atoms with E-state index in [9.17, 15) is 4.39 Å². The standard InChI is InChI=1S/C26H17FN4/c27-23-14-13-20(21-12-7-15-28-17-21)16-22(23)26-30-24(18-8-3-1-4-9-18)29-25(31-26)19-10-5-2-6-11-19/h1-17H. The number of pyridine rings is 1. The molecule has 31 heavy (non-hydrogen) atoms. The number of halogens is 1. The summed E-state index contributed by atoms with van der Waals surface area (Å²) in [6, 6.07) is 28.0. The maximum absolute atomic E-state index is 14.9. The van der Waals surface area contributed by atoms with Gasteiger partial charge in [0.05, 0.1) is 5.56 Å². The Morgan fingerprint density at radius 3 is 1.68 bits per heavy atom. The number of rotatable bonds is 4. The van der Waals surface area contributed by atoms with Gasteiger partial charge in [0.25, 0.3) is 0 Å². The van der Waals surface area contributed by atoms with Gasteiger partial charge < -0.3 is 0 Å². The Labute approximate surface area is 179 Å². The largest absolute Gasteiger partial charge is 0.264 e. The lowest BCUT2D eigenvalue weighted by molar-refractivity contribution is 0.630. The Morgan fingerprint density at radius 1 is 0.516 bits per heavy atom. The lowest BCUT2D eigenvalue weighted by Gasteiger charge is -2.10. The highest BCUT2D eigenvalue weighted by Crippen LogP contribution is 2.29. The zero-order chi connectivity index (χ0) is 21.0. The minimum Gasteiger partial charge on any atom is -0.264 e. The van der Waals surface area contributed by atoms with Crippen LogP contribution in [0.5, 0.6) is 0 Å². The average Bonchev–Trinajstić information content (AvgIpc) is 2.86. The van der Waals surface area contributed by atoms with Crippen LogP contribution in [0.15, 0.2) is 103 Å². The first kappa shape index (κ1) is 18.8. The van der Waals surface area contributed by atoms with Crippen molar-refractivity contribution in [3.05, 3.63) is 109 Å². The molecule has 3 aromatic carbocycles. The molecule has 0 N–H and O–H groups in total. The second-order valence-corrected chi connectivity index (χ2v) is 6.97. The molecule has 5 rings (SSSR count). The number of hydrogen-bond acceptors (Lipinski definition) is 4. The molecule has 0 unspecified atom stereocenters. The zero-order valence-corrected chi connectivity index (χ0v) is 16.5. The molecule has 0 aliphatic carbocycles. The van der Waals surface area contributed by atoms with Crippen molar-refractivity contribution in [3.8, 4) is 45.3 Å². The SMILES string of the molecule is Fc1ccc(-c2cccnc2)cc1-c1nc(-c2ccccc2)nc(-c2ccccc2)n1. The molecule has 2 heterocycles. The van der Waals surface area contributed by atoms with E-state index in [1.807, 2.05) is 72.8 Å². The average molecular weight is 404 g/mol. The van der Waals surface area contributed by atoms with Crippen LogP contribution < -0.4 is 0 Å². The highest BCUT2D eigenvalue weighted by Gasteiger charge is 2.15. The fraction of sp³-hybridized carbons (Fsp3) is 0. The van der Waals surface area contributed by atoms with Crippen LogP contribution in [0.25, 0.3) is 45.3 Å². The molecule has 0 amide bonds. The third kappa shape index (κ3) is 3.94. The fourth-order valence-corrected chi connectivity index (χ4v) is 3.34. The maximum Gasteiger partial charge on any atom is 0.167 e. The first-order valence-electron chi connectivity index (χ1n) is 9.85. The fourth-order valence-electron chi connectivity index (χ4n) is 3.34. The van der Waals surface area contributed by atoms with E-state index in [-0.39, 0.29) is 5.82 Å². The lowest BCUT2D eigenvalue weighted by Crippen LogP contribution is -2.01. The summed E-state index contributed by atoms with van der Waals surface area (Å²) in [4.78, 5) is 18.0. The van der Waals surface area contributed by atoms with Crippen molar-refractivity contribution >= 4 is 0 Å². The van der Waals surface area contributed by atoms with E-state index in [1.54, 1.807) is 24.5 Å². The minimum absolute atomic E-state index is 0.288. The smallest absolute Gasteiger partial charge is 0.167 e. The van der Waals surface area contributed by atoms with Crippen LogP contribution in [0.1, 0.15) is 0 Å². The van der Waals surface area contributed by atoms with Crippen LogP contribution in [-0.2, 0) is 0 Å². The molecule has 5 aromatic rings. The van der Waals surface area contributed by atoms with Gasteiger partial charge in [0.1, 0.15) is 5.82 Å².